The standard InChI is InChI=1S/C28H25ClF2N2O4/c1-4-32(5-2)19-10-6-16(7-11-19)25-24(26(34)17-8-12-20(29)23(14-17)37-3)27(35)28(36)33(25)22-13-9-18(30)15-21(22)31/h6-15,25,34H,4-5H2,1-3H3/b26-24+. The van der Waals surface area contributed by atoms with E-state index in [4.69, 9.17) is 16.3 Å². The van der Waals surface area contributed by atoms with E-state index in [2.05, 4.69) is 4.90 Å². The van der Waals surface area contributed by atoms with Gasteiger partial charge in [-0.3, -0.25) is 14.5 Å². The van der Waals surface area contributed by atoms with Crippen LogP contribution in [0.3, 0.4) is 0 Å². The third-order valence-electron chi connectivity index (χ3n) is 6.38. The van der Waals surface area contributed by atoms with E-state index in [-0.39, 0.29) is 27.6 Å². The number of hydrogen-bond donors (Lipinski definition) is 1. The Morgan fingerprint density at radius 3 is 2.30 bits per heavy atom. The van der Waals surface area contributed by atoms with Crippen molar-refractivity contribution in [1.82, 2.24) is 0 Å². The molecule has 37 heavy (non-hydrogen) atoms. The minimum atomic E-state index is -1.17. The molecule has 1 fully saturated rings. The van der Waals surface area contributed by atoms with Crippen LogP contribution < -0.4 is 14.5 Å². The van der Waals surface area contributed by atoms with Crippen LogP contribution in [0.1, 0.15) is 31.0 Å². The molecule has 1 amide bonds. The van der Waals surface area contributed by atoms with Crippen LogP contribution in [0.15, 0.2) is 66.2 Å². The van der Waals surface area contributed by atoms with E-state index >= 15 is 0 Å². The van der Waals surface area contributed by atoms with Gasteiger partial charge in [0.1, 0.15) is 23.1 Å². The molecule has 1 saturated heterocycles. The normalized spacial score (nSPS) is 16.8. The average Bonchev–Trinajstić information content (AvgIpc) is 3.15. The number of amides is 1. The molecule has 1 heterocycles. The summed E-state index contributed by atoms with van der Waals surface area (Å²) in [7, 11) is 1.40. The number of aliphatic hydroxyl groups is 1. The molecule has 1 atom stereocenters. The van der Waals surface area contributed by atoms with Gasteiger partial charge in [-0.2, -0.15) is 0 Å². The molecule has 9 heteroatoms. The first-order valence-corrected chi connectivity index (χ1v) is 12.0. The van der Waals surface area contributed by atoms with Gasteiger partial charge in [-0.05, 0) is 61.9 Å². The predicted molar refractivity (Wildman–Crippen MR) is 139 cm³/mol. The topological polar surface area (TPSA) is 70.1 Å². The molecule has 3 aromatic rings. The van der Waals surface area contributed by atoms with Gasteiger partial charge in [0.15, 0.2) is 0 Å². The Hall–Kier alpha value is -3.91. The van der Waals surface area contributed by atoms with Crippen LogP contribution in [0.4, 0.5) is 20.2 Å². The van der Waals surface area contributed by atoms with E-state index in [1.54, 1.807) is 12.1 Å². The lowest BCUT2D eigenvalue weighted by Gasteiger charge is -2.27. The molecule has 4 rings (SSSR count). The van der Waals surface area contributed by atoms with Crippen LogP contribution in [-0.4, -0.2) is 37.0 Å². The number of nitrogens with zero attached hydrogens (tertiary/aromatic N) is 2. The number of rotatable bonds is 7. The number of methoxy groups -OCH3 is 1. The van der Waals surface area contributed by atoms with Crippen molar-refractivity contribution in [2.24, 2.45) is 0 Å². The number of Topliss-reactive ketones (excluding diaryl/α,β-unsaturated/α-hetero) is 1. The van der Waals surface area contributed by atoms with Crippen molar-refractivity contribution in [2.45, 2.75) is 19.9 Å². The SMILES string of the molecule is CCN(CC)c1ccc(C2/C(=C(\O)c3ccc(Cl)c(OC)c3)C(=O)C(=O)N2c2ccc(F)cc2F)cc1. The van der Waals surface area contributed by atoms with Crippen LogP contribution in [0.5, 0.6) is 5.75 Å². The molecule has 1 N–H and O–H groups in total. The summed E-state index contributed by atoms with van der Waals surface area (Å²) >= 11 is 6.11. The van der Waals surface area contributed by atoms with E-state index in [9.17, 15) is 23.5 Å². The maximum atomic E-state index is 14.9. The second-order valence-corrected chi connectivity index (χ2v) is 8.79. The van der Waals surface area contributed by atoms with Gasteiger partial charge in [-0.25, -0.2) is 8.78 Å². The summed E-state index contributed by atoms with van der Waals surface area (Å²) in [5.41, 5.74) is 1.04. The highest BCUT2D eigenvalue weighted by molar-refractivity contribution is 6.51. The lowest BCUT2D eigenvalue weighted by atomic mass is 9.94. The number of benzene rings is 3. The second-order valence-electron chi connectivity index (χ2n) is 8.38. The Balaban J connectivity index is 1.93. The van der Waals surface area contributed by atoms with Gasteiger partial charge in [-0.1, -0.05) is 23.7 Å². The van der Waals surface area contributed by atoms with Crippen molar-refractivity contribution >= 4 is 40.4 Å². The minimum Gasteiger partial charge on any atom is -0.507 e. The summed E-state index contributed by atoms with van der Waals surface area (Å²) in [6, 6.07) is 13.1. The van der Waals surface area contributed by atoms with E-state index in [1.165, 1.54) is 25.3 Å². The zero-order valence-corrected chi connectivity index (χ0v) is 21.2. The van der Waals surface area contributed by atoms with Crippen molar-refractivity contribution in [3.05, 3.63) is 94.0 Å². The van der Waals surface area contributed by atoms with Gasteiger partial charge in [0, 0.05) is 30.4 Å². The fourth-order valence-electron chi connectivity index (χ4n) is 4.49. The Bertz CT molecular complexity index is 1390. The van der Waals surface area contributed by atoms with Gasteiger partial charge >= 0.3 is 0 Å². The van der Waals surface area contributed by atoms with Crippen molar-refractivity contribution in [1.29, 1.82) is 0 Å². The molecule has 1 unspecified atom stereocenters. The lowest BCUT2D eigenvalue weighted by molar-refractivity contribution is -0.132. The molecule has 192 valence electrons. The molecule has 1 aliphatic heterocycles. The largest absolute Gasteiger partial charge is 0.507 e. The summed E-state index contributed by atoms with van der Waals surface area (Å²) in [5, 5.41) is 11.6. The van der Waals surface area contributed by atoms with E-state index < -0.39 is 35.1 Å². The zero-order valence-electron chi connectivity index (χ0n) is 20.5. The van der Waals surface area contributed by atoms with Crippen LogP contribution in [-0.2, 0) is 9.59 Å². The number of ether oxygens (including phenoxy) is 1. The fraction of sp³-hybridized carbons (Fsp3) is 0.214. The number of halogens is 3. The summed E-state index contributed by atoms with van der Waals surface area (Å²) < 4.78 is 33.8. The molecule has 1 aliphatic rings. The molecule has 0 aliphatic carbocycles. The number of hydrogen-bond acceptors (Lipinski definition) is 5. The molecule has 0 aromatic heterocycles. The second kappa shape index (κ2) is 10.6. The number of carbonyl (C=O) groups excluding carboxylic acids is 2. The van der Waals surface area contributed by atoms with Crippen LogP contribution in [0.2, 0.25) is 5.02 Å². The quantitative estimate of drug-likeness (QED) is 0.229. The van der Waals surface area contributed by atoms with Gasteiger partial charge in [0.25, 0.3) is 11.7 Å². The first kappa shape index (κ1) is 26.2. The molecular formula is C28H25ClF2N2O4. The molecule has 0 saturated carbocycles. The monoisotopic (exact) mass is 526 g/mol. The number of aliphatic hydroxyl groups excluding tert-OH is 1. The minimum absolute atomic E-state index is 0.184. The van der Waals surface area contributed by atoms with Gasteiger partial charge in [0.2, 0.25) is 0 Å². The Morgan fingerprint density at radius 2 is 1.70 bits per heavy atom. The van der Waals surface area contributed by atoms with Crippen LogP contribution >= 0.6 is 11.6 Å². The Morgan fingerprint density at radius 1 is 1.03 bits per heavy atom. The van der Waals surface area contributed by atoms with Crippen LogP contribution in [0, 0.1) is 11.6 Å². The molecular weight excluding hydrogens is 502 g/mol. The van der Waals surface area contributed by atoms with E-state index in [0.29, 0.717) is 11.6 Å². The smallest absolute Gasteiger partial charge is 0.300 e. The molecule has 6 nitrogen and oxygen atoms in total. The van der Waals surface area contributed by atoms with Crippen molar-refractivity contribution in [3.63, 3.8) is 0 Å². The zero-order chi connectivity index (χ0) is 26.9. The predicted octanol–water partition coefficient (Wildman–Crippen LogP) is 6.10. The lowest BCUT2D eigenvalue weighted by Crippen LogP contribution is -2.30. The summed E-state index contributed by atoms with van der Waals surface area (Å²) in [6.07, 6.45) is 0. The number of carbonyl (C=O) groups is 2. The van der Waals surface area contributed by atoms with Crippen molar-refractivity contribution in [2.75, 3.05) is 30.0 Å². The van der Waals surface area contributed by atoms with Crippen LogP contribution in [0.25, 0.3) is 5.76 Å². The fourth-order valence-corrected chi connectivity index (χ4v) is 4.69. The third kappa shape index (κ3) is 4.76. The summed E-state index contributed by atoms with van der Waals surface area (Å²) in [6.45, 7) is 5.58. The van der Waals surface area contributed by atoms with Gasteiger partial charge < -0.3 is 14.7 Å². The third-order valence-corrected chi connectivity index (χ3v) is 6.69. The highest BCUT2D eigenvalue weighted by Crippen LogP contribution is 2.44. The average molecular weight is 527 g/mol. The molecule has 0 bridgehead atoms. The molecule has 0 spiro atoms. The Kier molecular flexibility index (Phi) is 7.50. The Labute approximate surface area is 218 Å². The van der Waals surface area contributed by atoms with E-state index in [1.807, 2.05) is 26.0 Å². The first-order chi connectivity index (χ1) is 17.7. The summed E-state index contributed by atoms with van der Waals surface area (Å²) in [4.78, 5) is 29.6. The maximum absolute atomic E-state index is 14.9. The highest BCUT2D eigenvalue weighted by Gasteiger charge is 2.47. The van der Waals surface area contributed by atoms with Gasteiger partial charge in [0.05, 0.1) is 29.4 Å². The number of anilines is 2. The van der Waals surface area contributed by atoms with Crippen molar-refractivity contribution in [3.8, 4) is 5.75 Å². The molecule has 0 radical (unpaired) electrons. The van der Waals surface area contributed by atoms with E-state index in [0.717, 1.165) is 35.8 Å². The summed E-state index contributed by atoms with van der Waals surface area (Å²) in [5.74, 6) is -4.12. The first-order valence-electron chi connectivity index (χ1n) is 11.7. The molecule has 3 aromatic carbocycles. The number of ketones is 1. The highest BCUT2D eigenvalue weighted by atomic mass is 35.5. The van der Waals surface area contributed by atoms with Gasteiger partial charge in [-0.15, -0.1) is 0 Å². The van der Waals surface area contributed by atoms with Crippen molar-refractivity contribution < 1.29 is 28.2 Å². The maximum Gasteiger partial charge on any atom is 0.300 e.